The maximum absolute atomic E-state index is 12.5. The molecule has 0 unspecified atom stereocenters. The molecule has 2 aliphatic rings. The monoisotopic (exact) mass is 277 g/mol. The topological polar surface area (TPSA) is 41.6 Å². The van der Waals surface area contributed by atoms with E-state index in [4.69, 9.17) is 4.74 Å². The third kappa shape index (κ3) is 1.39. The summed E-state index contributed by atoms with van der Waals surface area (Å²) in [6.45, 7) is 6.11. The highest BCUT2D eigenvalue weighted by atomic mass is 16.6. The van der Waals surface area contributed by atoms with E-state index in [1.165, 1.54) is 0 Å². The maximum atomic E-state index is 12.5. The van der Waals surface area contributed by atoms with Gasteiger partial charge in [-0.25, -0.2) is 0 Å². The van der Waals surface area contributed by atoms with Gasteiger partial charge in [-0.1, -0.05) is 55.1 Å². The third-order valence-corrected chi connectivity index (χ3v) is 4.56. The van der Waals surface area contributed by atoms with Gasteiger partial charge >= 0.3 is 0 Å². The first-order valence-corrected chi connectivity index (χ1v) is 6.95. The van der Waals surface area contributed by atoms with Gasteiger partial charge in [0.2, 0.25) is 5.60 Å². The molecular formula is C18H15NO2. The van der Waals surface area contributed by atoms with Crippen LogP contribution in [0.15, 0.2) is 61.2 Å². The van der Waals surface area contributed by atoms with Crippen LogP contribution in [-0.4, -0.2) is 11.5 Å². The van der Waals surface area contributed by atoms with Gasteiger partial charge in [0.25, 0.3) is 5.91 Å². The number of amides is 1. The Morgan fingerprint density at radius 3 is 2.52 bits per heavy atom. The van der Waals surface area contributed by atoms with E-state index < -0.39 is 11.2 Å². The van der Waals surface area contributed by atoms with Crippen molar-refractivity contribution in [1.29, 1.82) is 0 Å². The molecule has 0 aromatic heterocycles. The summed E-state index contributed by atoms with van der Waals surface area (Å²) in [4.78, 5) is 12.5. The van der Waals surface area contributed by atoms with Gasteiger partial charge in [0.15, 0.2) is 0 Å². The van der Waals surface area contributed by atoms with Crippen molar-refractivity contribution in [2.24, 2.45) is 0 Å². The maximum Gasteiger partial charge on any atom is 0.264 e. The zero-order valence-electron chi connectivity index (χ0n) is 11.7. The Morgan fingerprint density at radius 2 is 1.76 bits per heavy atom. The molecule has 1 saturated heterocycles. The molecule has 104 valence electrons. The fourth-order valence-electron chi connectivity index (χ4n) is 3.28. The van der Waals surface area contributed by atoms with Gasteiger partial charge in [0.05, 0.1) is 0 Å². The molecule has 2 aliphatic heterocycles. The molecule has 1 fully saturated rings. The highest BCUT2D eigenvalue weighted by Gasteiger charge is 2.76. The van der Waals surface area contributed by atoms with Crippen molar-refractivity contribution in [2.45, 2.75) is 18.1 Å². The number of benzene rings is 2. The predicted octanol–water partition coefficient (Wildman–Crippen LogP) is 3.34. The van der Waals surface area contributed by atoms with E-state index >= 15 is 0 Å². The van der Waals surface area contributed by atoms with E-state index in [-0.39, 0.29) is 5.91 Å². The van der Waals surface area contributed by atoms with E-state index in [2.05, 4.69) is 11.9 Å². The van der Waals surface area contributed by atoms with Crippen LogP contribution in [0.5, 0.6) is 0 Å². The number of anilines is 1. The molecule has 2 atom stereocenters. The normalized spacial score (nSPS) is 29.1. The van der Waals surface area contributed by atoms with Crippen molar-refractivity contribution in [3.05, 3.63) is 72.3 Å². The van der Waals surface area contributed by atoms with Gasteiger partial charge in [-0.3, -0.25) is 4.79 Å². The fraction of sp³-hybridized carbons (Fsp3) is 0.167. The number of fused-ring (bicyclic) bond motifs is 2. The number of hydrogen-bond acceptors (Lipinski definition) is 2. The summed E-state index contributed by atoms with van der Waals surface area (Å²) in [5.74, 6) is -0.108. The van der Waals surface area contributed by atoms with Gasteiger partial charge in [-0.15, -0.1) is 0 Å². The molecule has 3 nitrogen and oxygen atoms in total. The lowest BCUT2D eigenvalue weighted by molar-refractivity contribution is -0.120. The van der Waals surface area contributed by atoms with Crippen molar-refractivity contribution in [3.63, 3.8) is 0 Å². The Kier molecular flexibility index (Phi) is 2.25. The number of hydrogen-bond donors (Lipinski definition) is 1. The van der Waals surface area contributed by atoms with Gasteiger partial charge in [-0.05, 0) is 24.1 Å². The highest BCUT2D eigenvalue weighted by molar-refractivity contribution is 6.10. The van der Waals surface area contributed by atoms with Crippen molar-refractivity contribution in [2.75, 3.05) is 5.32 Å². The average Bonchev–Trinajstić information content (AvgIpc) is 3.06. The lowest BCUT2D eigenvalue weighted by Crippen LogP contribution is -2.29. The number of epoxide rings is 1. The van der Waals surface area contributed by atoms with Crippen LogP contribution in [0.2, 0.25) is 0 Å². The molecule has 1 amide bonds. The second kappa shape index (κ2) is 3.83. The summed E-state index contributed by atoms with van der Waals surface area (Å²) in [6.07, 6.45) is 0. The predicted molar refractivity (Wildman–Crippen MR) is 81.7 cm³/mol. The first-order chi connectivity index (χ1) is 10.1. The fourth-order valence-corrected chi connectivity index (χ4v) is 3.28. The zero-order valence-corrected chi connectivity index (χ0v) is 11.7. The molecule has 2 aromatic rings. The molecule has 0 saturated carbocycles. The molecule has 2 heterocycles. The van der Waals surface area contributed by atoms with E-state index in [9.17, 15) is 4.79 Å². The molecule has 21 heavy (non-hydrogen) atoms. The van der Waals surface area contributed by atoms with Crippen LogP contribution < -0.4 is 5.32 Å². The van der Waals surface area contributed by atoms with Crippen molar-refractivity contribution >= 4 is 17.2 Å². The van der Waals surface area contributed by atoms with Gasteiger partial charge in [0.1, 0.15) is 5.60 Å². The van der Waals surface area contributed by atoms with Crippen LogP contribution >= 0.6 is 0 Å². The Balaban J connectivity index is 1.80. The van der Waals surface area contributed by atoms with E-state index in [0.29, 0.717) is 0 Å². The second-order valence-corrected chi connectivity index (χ2v) is 5.66. The smallest absolute Gasteiger partial charge is 0.264 e. The summed E-state index contributed by atoms with van der Waals surface area (Å²) < 4.78 is 6.00. The minimum Gasteiger partial charge on any atom is -0.342 e. The second-order valence-electron chi connectivity index (χ2n) is 5.66. The molecule has 4 rings (SSSR count). The van der Waals surface area contributed by atoms with Crippen LogP contribution in [0.1, 0.15) is 18.1 Å². The molecular weight excluding hydrogens is 262 g/mol. The molecule has 0 radical (unpaired) electrons. The lowest BCUT2D eigenvalue weighted by Gasteiger charge is -2.14. The van der Waals surface area contributed by atoms with Gasteiger partial charge < -0.3 is 10.1 Å². The summed E-state index contributed by atoms with van der Waals surface area (Å²) in [5, 5.41) is 2.91. The minimum absolute atomic E-state index is 0.108. The van der Waals surface area contributed by atoms with Crippen molar-refractivity contribution in [1.82, 2.24) is 0 Å². The molecule has 0 aliphatic carbocycles. The summed E-state index contributed by atoms with van der Waals surface area (Å²) in [6, 6.07) is 17.5. The largest absolute Gasteiger partial charge is 0.342 e. The SMILES string of the molecule is C=C(c1ccccc1)[C@@]1(C)O[C@@]12C(=O)Nc1ccccc12. The lowest BCUT2D eigenvalue weighted by atomic mass is 9.81. The van der Waals surface area contributed by atoms with Gasteiger partial charge in [0, 0.05) is 11.3 Å². The van der Waals surface area contributed by atoms with E-state index in [1.807, 2.05) is 61.5 Å². The Hall–Kier alpha value is -2.39. The standard InChI is InChI=1S/C18H15NO2/c1-12(13-8-4-3-5-9-13)17(2)18(21-17)14-10-6-7-11-15(14)19-16(18)20/h3-11H,1H2,2H3,(H,19,20)/t17-,18+/m1/s1. The molecule has 1 N–H and O–H groups in total. The number of rotatable bonds is 2. The van der Waals surface area contributed by atoms with E-state index in [0.717, 1.165) is 22.4 Å². The van der Waals surface area contributed by atoms with Crippen LogP contribution in [-0.2, 0) is 15.1 Å². The highest BCUT2D eigenvalue weighted by Crippen LogP contribution is 2.65. The van der Waals surface area contributed by atoms with E-state index in [1.54, 1.807) is 0 Å². The number of carbonyl (C=O) groups is 1. The average molecular weight is 277 g/mol. The zero-order chi connectivity index (χ0) is 14.7. The summed E-state index contributed by atoms with van der Waals surface area (Å²) in [7, 11) is 0. The molecule has 2 aromatic carbocycles. The summed E-state index contributed by atoms with van der Waals surface area (Å²) >= 11 is 0. The number of carbonyl (C=O) groups excluding carboxylic acids is 1. The number of para-hydroxylation sites is 1. The van der Waals surface area contributed by atoms with Gasteiger partial charge in [-0.2, -0.15) is 0 Å². The third-order valence-electron chi connectivity index (χ3n) is 4.56. The minimum atomic E-state index is -0.934. The first-order valence-electron chi connectivity index (χ1n) is 6.95. The van der Waals surface area contributed by atoms with Crippen molar-refractivity contribution in [3.8, 4) is 0 Å². The Labute approximate surface area is 123 Å². The summed E-state index contributed by atoms with van der Waals surface area (Å²) in [5.41, 5.74) is 1.91. The molecule has 0 bridgehead atoms. The number of nitrogens with one attached hydrogen (secondary N) is 1. The van der Waals surface area contributed by atoms with Crippen LogP contribution in [0.3, 0.4) is 0 Å². The Morgan fingerprint density at radius 1 is 1.10 bits per heavy atom. The number of ether oxygens (including phenoxy) is 1. The molecule has 1 spiro atoms. The van der Waals surface area contributed by atoms with Crippen LogP contribution in [0.4, 0.5) is 5.69 Å². The van der Waals surface area contributed by atoms with Crippen molar-refractivity contribution < 1.29 is 9.53 Å². The first kappa shape index (κ1) is 12.4. The quantitative estimate of drug-likeness (QED) is 0.855. The Bertz CT molecular complexity index is 768. The van der Waals surface area contributed by atoms with Crippen LogP contribution in [0.25, 0.3) is 5.57 Å². The van der Waals surface area contributed by atoms with Crippen LogP contribution in [0, 0.1) is 0 Å². The molecule has 3 heteroatoms.